The van der Waals surface area contributed by atoms with Crippen molar-refractivity contribution in [2.24, 2.45) is 0 Å². The van der Waals surface area contributed by atoms with E-state index in [1.54, 1.807) is 12.4 Å². The first-order chi connectivity index (χ1) is 16.8. The van der Waals surface area contributed by atoms with Crippen molar-refractivity contribution in [1.82, 2.24) is 24.8 Å². The van der Waals surface area contributed by atoms with Gasteiger partial charge in [-0.25, -0.2) is 4.98 Å². The van der Waals surface area contributed by atoms with E-state index in [2.05, 4.69) is 31.9 Å². The minimum Gasteiger partial charge on any atom is -0.492 e. The third-order valence-corrected chi connectivity index (χ3v) is 5.96. The fourth-order valence-electron chi connectivity index (χ4n) is 4.27. The summed E-state index contributed by atoms with van der Waals surface area (Å²) in [5.74, 6) is 1.56. The van der Waals surface area contributed by atoms with Crippen molar-refractivity contribution in [3.05, 3.63) is 114 Å². The van der Waals surface area contributed by atoms with Crippen molar-refractivity contribution in [1.29, 1.82) is 0 Å². The summed E-state index contributed by atoms with van der Waals surface area (Å²) in [4.78, 5) is 24.1. The standard InChI is InChI=1S/C27H27N5O2/c33-27(29-19-21-8-7-13-28-18-21)24-20-32-15-14-31(16-17-34-23-11-5-2-6-12-23)25(26(32)30-24)22-9-3-1-4-10-22/h1-13,18,20,25H,14-17,19H2,(H,29,33). The molecule has 7 nitrogen and oxygen atoms in total. The average molecular weight is 454 g/mol. The number of carbonyl (C=O) groups excluding carboxylic acids is 1. The molecule has 172 valence electrons. The molecule has 0 radical (unpaired) electrons. The number of imidazole rings is 1. The second kappa shape index (κ2) is 10.3. The summed E-state index contributed by atoms with van der Waals surface area (Å²) < 4.78 is 8.06. The highest BCUT2D eigenvalue weighted by molar-refractivity contribution is 5.92. The van der Waals surface area contributed by atoms with Gasteiger partial charge in [0, 0.05) is 44.8 Å². The molecule has 4 aromatic rings. The molecule has 0 aliphatic carbocycles. The zero-order valence-corrected chi connectivity index (χ0v) is 18.9. The Bertz CT molecular complexity index is 1210. The summed E-state index contributed by atoms with van der Waals surface area (Å²) in [6.45, 7) is 3.36. The van der Waals surface area contributed by atoms with E-state index in [1.165, 1.54) is 0 Å². The first-order valence-electron chi connectivity index (χ1n) is 11.5. The number of carbonyl (C=O) groups is 1. The largest absolute Gasteiger partial charge is 0.492 e. The molecule has 1 aliphatic heterocycles. The summed E-state index contributed by atoms with van der Waals surface area (Å²) in [6, 6.07) is 23.9. The maximum atomic E-state index is 12.8. The molecule has 1 atom stereocenters. The van der Waals surface area contributed by atoms with Gasteiger partial charge >= 0.3 is 0 Å². The van der Waals surface area contributed by atoms with Gasteiger partial charge in [-0.15, -0.1) is 0 Å². The fourth-order valence-corrected chi connectivity index (χ4v) is 4.27. The number of nitrogens with one attached hydrogen (secondary N) is 1. The minimum atomic E-state index is -0.184. The van der Waals surface area contributed by atoms with E-state index in [1.807, 2.05) is 66.9 Å². The molecule has 3 heterocycles. The smallest absolute Gasteiger partial charge is 0.271 e. The summed E-state index contributed by atoms with van der Waals surface area (Å²) >= 11 is 0. The van der Waals surface area contributed by atoms with Crippen LogP contribution < -0.4 is 10.1 Å². The van der Waals surface area contributed by atoms with E-state index in [9.17, 15) is 4.79 Å². The summed E-state index contributed by atoms with van der Waals surface area (Å²) in [6.07, 6.45) is 5.33. The first kappa shape index (κ1) is 21.9. The Balaban J connectivity index is 1.33. The maximum absolute atomic E-state index is 12.8. The monoisotopic (exact) mass is 453 g/mol. The van der Waals surface area contributed by atoms with E-state index >= 15 is 0 Å². The topological polar surface area (TPSA) is 72.3 Å². The van der Waals surface area contributed by atoms with Crippen LogP contribution in [0.2, 0.25) is 0 Å². The zero-order valence-electron chi connectivity index (χ0n) is 18.9. The molecule has 5 rings (SSSR count). The second-order valence-electron chi connectivity index (χ2n) is 8.23. The fraction of sp³-hybridized carbons (Fsp3) is 0.222. The lowest BCUT2D eigenvalue weighted by molar-refractivity contribution is 0.0946. The van der Waals surface area contributed by atoms with E-state index in [-0.39, 0.29) is 11.9 Å². The maximum Gasteiger partial charge on any atom is 0.271 e. The summed E-state index contributed by atoms with van der Waals surface area (Å²) in [5.41, 5.74) is 2.53. The Morgan fingerprint density at radius 3 is 2.56 bits per heavy atom. The number of nitrogens with zero attached hydrogens (tertiary/aromatic N) is 4. The number of benzene rings is 2. The zero-order chi connectivity index (χ0) is 23.2. The van der Waals surface area contributed by atoms with Crippen molar-refractivity contribution in [2.45, 2.75) is 19.1 Å². The third-order valence-electron chi connectivity index (χ3n) is 5.96. The van der Waals surface area contributed by atoms with Gasteiger partial charge in [-0.2, -0.15) is 0 Å². The van der Waals surface area contributed by atoms with Crippen LogP contribution in [0.5, 0.6) is 5.75 Å². The molecule has 34 heavy (non-hydrogen) atoms. The normalized spacial score (nSPS) is 15.5. The predicted octanol–water partition coefficient (Wildman–Crippen LogP) is 3.69. The Kier molecular flexibility index (Phi) is 6.63. The Morgan fingerprint density at radius 1 is 1.00 bits per heavy atom. The van der Waals surface area contributed by atoms with E-state index in [4.69, 9.17) is 9.72 Å². The van der Waals surface area contributed by atoms with E-state index in [0.29, 0.717) is 18.8 Å². The van der Waals surface area contributed by atoms with Gasteiger partial charge in [-0.1, -0.05) is 54.6 Å². The van der Waals surface area contributed by atoms with Crippen molar-refractivity contribution in [3.8, 4) is 5.75 Å². The van der Waals surface area contributed by atoms with Crippen molar-refractivity contribution < 1.29 is 9.53 Å². The van der Waals surface area contributed by atoms with E-state index < -0.39 is 0 Å². The molecule has 2 aromatic carbocycles. The number of para-hydroxylation sites is 1. The van der Waals surface area contributed by atoms with E-state index in [0.717, 1.165) is 42.3 Å². The molecule has 1 aliphatic rings. The second-order valence-corrected chi connectivity index (χ2v) is 8.23. The predicted molar refractivity (Wildman–Crippen MR) is 129 cm³/mol. The molecule has 7 heteroatoms. The van der Waals surface area contributed by atoms with Crippen LogP contribution in [0.15, 0.2) is 91.4 Å². The summed E-state index contributed by atoms with van der Waals surface area (Å²) in [7, 11) is 0. The molecule has 0 spiro atoms. The molecular formula is C27H27N5O2. The molecule has 1 N–H and O–H groups in total. The minimum absolute atomic E-state index is 0.0470. The first-order valence-corrected chi connectivity index (χ1v) is 11.5. The molecular weight excluding hydrogens is 426 g/mol. The number of aromatic nitrogens is 3. The molecule has 1 amide bonds. The van der Waals surface area contributed by atoms with Crippen LogP contribution in [-0.4, -0.2) is 45.0 Å². The Hall–Kier alpha value is -3.97. The lowest BCUT2D eigenvalue weighted by atomic mass is 10.0. The highest BCUT2D eigenvalue weighted by Gasteiger charge is 2.31. The number of pyridine rings is 1. The van der Waals surface area contributed by atoms with Gasteiger partial charge in [0.25, 0.3) is 5.91 Å². The molecule has 1 unspecified atom stereocenters. The van der Waals surface area contributed by atoms with Gasteiger partial charge in [0.1, 0.15) is 23.9 Å². The molecule has 0 fully saturated rings. The van der Waals surface area contributed by atoms with Gasteiger partial charge in [0.05, 0.1) is 6.04 Å². The van der Waals surface area contributed by atoms with Gasteiger partial charge in [0.15, 0.2) is 0 Å². The number of fused-ring (bicyclic) bond motifs is 1. The number of rotatable bonds is 8. The molecule has 0 bridgehead atoms. The van der Waals surface area contributed by atoms with Crippen molar-refractivity contribution >= 4 is 5.91 Å². The molecule has 0 saturated carbocycles. The third kappa shape index (κ3) is 5.00. The van der Waals surface area contributed by atoms with Gasteiger partial charge in [0.2, 0.25) is 0 Å². The molecule has 2 aromatic heterocycles. The number of amides is 1. The lowest BCUT2D eigenvalue weighted by Gasteiger charge is -2.36. The van der Waals surface area contributed by atoms with Crippen LogP contribution in [0, 0.1) is 0 Å². The SMILES string of the molecule is O=C(NCc1cccnc1)c1cn2c(n1)C(c1ccccc1)N(CCOc1ccccc1)CC2. The Morgan fingerprint density at radius 2 is 1.79 bits per heavy atom. The molecule has 0 saturated heterocycles. The van der Waals surface area contributed by atoms with Gasteiger partial charge in [-0.3, -0.25) is 14.7 Å². The Labute approximate surface area is 199 Å². The number of hydrogen-bond acceptors (Lipinski definition) is 5. The van der Waals surface area contributed by atoms with Crippen LogP contribution in [-0.2, 0) is 13.1 Å². The number of ether oxygens (including phenoxy) is 1. The van der Waals surface area contributed by atoms with Gasteiger partial charge < -0.3 is 14.6 Å². The lowest BCUT2D eigenvalue weighted by Crippen LogP contribution is -2.41. The quantitative estimate of drug-likeness (QED) is 0.441. The highest BCUT2D eigenvalue weighted by Crippen LogP contribution is 2.31. The van der Waals surface area contributed by atoms with Crippen LogP contribution in [0.25, 0.3) is 0 Å². The number of hydrogen-bond donors (Lipinski definition) is 1. The van der Waals surface area contributed by atoms with Crippen LogP contribution >= 0.6 is 0 Å². The van der Waals surface area contributed by atoms with Crippen LogP contribution in [0.4, 0.5) is 0 Å². The van der Waals surface area contributed by atoms with Crippen molar-refractivity contribution in [3.63, 3.8) is 0 Å². The van der Waals surface area contributed by atoms with Crippen LogP contribution in [0.1, 0.15) is 33.5 Å². The van der Waals surface area contributed by atoms with Gasteiger partial charge in [-0.05, 0) is 29.3 Å². The average Bonchev–Trinajstić information content (AvgIpc) is 3.33. The van der Waals surface area contributed by atoms with Crippen molar-refractivity contribution in [2.75, 3.05) is 19.7 Å². The highest BCUT2D eigenvalue weighted by atomic mass is 16.5. The summed E-state index contributed by atoms with van der Waals surface area (Å²) in [5, 5.41) is 2.95. The van der Waals surface area contributed by atoms with Crippen LogP contribution in [0.3, 0.4) is 0 Å².